The van der Waals surface area contributed by atoms with Crippen molar-refractivity contribution in [1.82, 2.24) is 4.90 Å². The van der Waals surface area contributed by atoms with E-state index < -0.39 is 0 Å². The average Bonchev–Trinajstić information content (AvgIpc) is 1.98. The van der Waals surface area contributed by atoms with Crippen molar-refractivity contribution in [2.75, 3.05) is 20.2 Å². The minimum Gasteiger partial charge on any atom is -0.375 e. The molecule has 0 aliphatic carbocycles. The minimum atomic E-state index is 0.119. The maximum atomic E-state index is 10.2. The molecule has 1 aliphatic rings. The van der Waals surface area contributed by atoms with Crippen LogP contribution in [0.2, 0.25) is 0 Å². The lowest BCUT2D eigenvalue weighted by Gasteiger charge is -2.34. The predicted octanol–water partition coefficient (Wildman–Crippen LogP) is 0.294. The standard InChI is InChI=1S/C8H15NO2/c1-7-6-11-8(3-4-10)5-9(7)2/h4,7-8H,3,5-6H2,1-2H3. The Morgan fingerprint density at radius 2 is 2.45 bits per heavy atom. The van der Waals surface area contributed by atoms with Crippen molar-refractivity contribution in [3.05, 3.63) is 0 Å². The second-order valence-electron chi connectivity index (χ2n) is 3.15. The first-order valence-corrected chi connectivity index (χ1v) is 3.99. The molecule has 0 aromatic carbocycles. The van der Waals surface area contributed by atoms with Crippen LogP contribution in [0.1, 0.15) is 13.3 Å². The fourth-order valence-corrected chi connectivity index (χ4v) is 1.21. The minimum absolute atomic E-state index is 0.119. The summed E-state index contributed by atoms with van der Waals surface area (Å²) in [5, 5.41) is 0. The molecule has 0 aromatic rings. The van der Waals surface area contributed by atoms with Crippen LogP contribution in [0.25, 0.3) is 0 Å². The van der Waals surface area contributed by atoms with Crippen molar-refractivity contribution in [3.63, 3.8) is 0 Å². The first-order chi connectivity index (χ1) is 5.24. The fourth-order valence-electron chi connectivity index (χ4n) is 1.21. The Hall–Kier alpha value is -0.410. The number of hydrogen-bond donors (Lipinski definition) is 0. The normalized spacial score (nSPS) is 33.6. The lowest BCUT2D eigenvalue weighted by Crippen LogP contribution is -2.45. The van der Waals surface area contributed by atoms with Gasteiger partial charge in [0.25, 0.3) is 0 Å². The molecule has 0 amide bonds. The molecule has 1 aliphatic heterocycles. The zero-order valence-corrected chi connectivity index (χ0v) is 7.12. The Bertz CT molecular complexity index is 138. The maximum Gasteiger partial charge on any atom is 0.122 e. The van der Waals surface area contributed by atoms with Crippen molar-refractivity contribution in [3.8, 4) is 0 Å². The molecule has 11 heavy (non-hydrogen) atoms. The van der Waals surface area contributed by atoms with Crippen molar-refractivity contribution in [2.24, 2.45) is 0 Å². The molecule has 1 rings (SSSR count). The summed E-state index contributed by atoms with van der Waals surface area (Å²) in [6.07, 6.45) is 1.57. The zero-order valence-electron chi connectivity index (χ0n) is 7.12. The summed E-state index contributed by atoms with van der Waals surface area (Å²) < 4.78 is 5.43. The lowest BCUT2D eigenvalue weighted by molar-refractivity contribution is -0.113. The molecule has 1 heterocycles. The summed E-state index contributed by atoms with van der Waals surface area (Å²) in [6.45, 7) is 3.74. The smallest absolute Gasteiger partial charge is 0.122 e. The Balaban J connectivity index is 2.33. The van der Waals surface area contributed by atoms with Crippen LogP contribution in [0, 0.1) is 0 Å². The largest absolute Gasteiger partial charge is 0.375 e. The topological polar surface area (TPSA) is 29.5 Å². The third-order valence-corrected chi connectivity index (χ3v) is 2.18. The highest BCUT2D eigenvalue weighted by molar-refractivity contribution is 5.50. The van der Waals surface area contributed by atoms with Gasteiger partial charge >= 0.3 is 0 Å². The highest BCUT2D eigenvalue weighted by atomic mass is 16.5. The molecule has 2 atom stereocenters. The summed E-state index contributed by atoms with van der Waals surface area (Å²) in [7, 11) is 2.06. The highest BCUT2D eigenvalue weighted by Gasteiger charge is 2.22. The Labute approximate surface area is 67.3 Å². The lowest BCUT2D eigenvalue weighted by atomic mass is 10.2. The second-order valence-corrected chi connectivity index (χ2v) is 3.15. The molecular weight excluding hydrogens is 142 g/mol. The SMILES string of the molecule is CC1COC(CC=O)CN1C. The second kappa shape index (κ2) is 3.83. The molecule has 64 valence electrons. The Morgan fingerprint density at radius 1 is 1.73 bits per heavy atom. The van der Waals surface area contributed by atoms with Crippen LogP contribution >= 0.6 is 0 Å². The van der Waals surface area contributed by atoms with Crippen molar-refractivity contribution >= 4 is 6.29 Å². The van der Waals surface area contributed by atoms with Gasteiger partial charge in [-0.15, -0.1) is 0 Å². The number of carbonyl (C=O) groups excluding carboxylic acids is 1. The van der Waals surface area contributed by atoms with Crippen LogP contribution in [-0.2, 0) is 9.53 Å². The van der Waals surface area contributed by atoms with Gasteiger partial charge in [0.15, 0.2) is 0 Å². The molecule has 0 N–H and O–H groups in total. The third-order valence-electron chi connectivity index (χ3n) is 2.18. The van der Waals surface area contributed by atoms with Crippen molar-refractivity contribution < 1.29 is 9.53 Å². The predicted molar refractivity (Wildman–Crippen MR) is 42.5 cm³/mol. The molecule has 1 saturated heterocycles. The van der Waals surface area contributed by atoms with Gasteiger partial charge in [-0.25, -0.2) is 0 Å². The summed E-state index contributed by atoms with van der Waals surface area (Å²) in [4.78, 5) is 12.4. The van der Waals surface area contributed by atoms with Crippen LogP contribution < -0.4 is 0 Å². The van der Waals surface area contributed by atoms with Gasteiger partial charge in [-0.05, 0) is 14.0 Å². The van der Waals surface area contributed by atoms with Gasteiger partial charge in [-0.2, -0.15) is 0 Å². The molecule has 0 saturated carbocycles. The molecule has 0 spiro atoms. The van der Waals surface area contributed by atoms with E-state index in [1.54, 1.807) is 0 Å². The average molecular weight is 157 g/mol. The number of morpholine rings is 1. The van der Waals surface area contributed by atoms with Gasteiger partial charge in [-0.3, -0.25) is 4.90 Å². The van der Waals surface area contributed by atoms with E-state index >= 15 is 0 Å². The van der Waals surface area contributed by atoms with Crippen LogP contribution in [0.4, 0.5) is 0 Å². The van der Waals surface area contributed by atoms with Gasteiger partial charge < -0.3 is 9.53 Å². The van der Waals surface area contributed by atoms with E-state index in [1.165, 1.54) is 0 Å². The van der Waals surface area contributed by atoms with Gasteiger partial charge in [-0.1, -0.05) is 0 Å². The van der Waals surface area contributed by atoms with Crippen LogP contribution in [0.3, 0.4) is 0 Å². The van der Waals surface area contributed by atoms with E-state index in [1.807, 2.05) is 0 Å². The zero-order chi connectivity index (χ0) is 8.27. The summed E-state index contributed by atoms with van der Waals surface area (Å²) >= 11 is 0. The van der Waals surface area contributed by atoms with Crippen LogP contribution in [0.15, 0.2) is 0 Å². The number of hydrogen-bond acceptors (Lipinski definition) is 3. The molecular formula is C8H15NO2. The molecule has 3 nitrogen and oxygen atoms in total. The summed E-state index contributed by atoms with van der Waals surface area (Å²) in [5.74, 6) is 0. The van der Waals surface area contributed by atoms with Gasteiger partial charge in [0.2, 0.25) is 0 Å². The molecule has 1 fully saturated rings. The third kappa shape index (κ3) is 2.27. The number of carbonyl (C=O) groups is 1. The van der Waals surface area contributed by atoms with Crippen molar-refractivity contribution in [1.29, 1.82) is 0 Å². The molecule has 2 unspecified atom stereocenters. The van der Waals surface area contributed by atoms with Crippen LogP contribution in [-0.4, -0.2) is 43.5 Å². The molecule has 3 heteroatoms. The summed E-state index contributed by atoms with van der Waals surface area (Å²) in [5.41, 5.74) is 0. The van der Waals surface area contributed by atoms with Gasteiger partial charge in [0.05, 0.1) is 12.7 Å². The molecule has 0 bridgehead atoms. The first-order valence-electron chi connectivity index (χ1n) is 3.99. The van der Waals surface area contributed by atoms with E-state index in [0.717, 1.165) is 19.4 Å². The quantitative estimate of drug-likeness (QED) is 0.540. The number of rotatable bonds is 2. The van der Waals surface area contributed by atoms with E-state index in [-0.39, 0.29) is 6.10 Å². The monoisotopic (exact) mass is 157 g/mol. The Kier molecular flexibility index (Phi) is 3.02. The number of likely N-dealkylation sites (N-methyl/N-ethyl adjacent to an activating group) is 1. The fraction of sp³-hybridized carbons (Fsp3) is 0.875. The highest BCUT2D eigenvalue weighted by Crippen LogP contribution is 2.10. The van der Waals surface area contributed by atoms with E-state index in [2.05, 4.69) is 18.9 Å². The van der Waals surface area contributed by atoms with E-state index in [4.69, 9.17) is 4.74 Å². The van der Waals surface area contributed by atoms with E-state index in [9.17, 15) is 4.79 Å². The van der Waals surface area contributed by atoms with Crippen molar-refractivity contribution in [2.45, 2.75) is 25.5 Å². The van der Waals surface area contributed by atoms with Gasteiger partial charge in [0, 0.05) is 19.0 Å². The maximum absolute atomic E-state index is 10.2. The summed E-state index contributed by atoms with van der Waals surface area (Å²) in [6, 6.07) is 0.484. The number of nitrogens with zero attached hydrogens (tertiary/aromatic N) is 1. The Morgan fingerprint density at radius 3 is 3.00 bits per heavy atom. The van der Waals surface area contributed by atoms with Crippen LogP contribution in [0.5, 0.6) is 0 Å². The molecule has 0 radical (unpaired) electrons. The number of ether oxygens (including phenoxy) is 1. The van der Waals surface area contributed by atoms with Gasteiger partial charge in [0.1, 0.15) is 6.29 Å². The molecule has 0 aromatic heterocycles. The van der Waals surface area contributed by atoms with E-state index in [0.29, 0.717) is 12.5 Å². The number of aldehydes is 1. The first kappa shape index (κ1) is 8.68.